The minimum atomic E-state index is -0.174. The number of rotatable bonds is 5. The summed E-state index contributed by atoms with van der Waals surface area (Å²) >= 11 is 7.66. The van der Waals surface area contributed by atoms with E-state index in [0.29, 0.717) is 44.0 Å². The molecule has 2 heterocycles. The first-order chi connectivity index (χ1) is 14.0. The molecule has 0 spiro atoms. The maximum absolute atomic E-state index is 13.4. The fourth-order valence-corrected chi connectivity index (χ4v) is 4.06. The van der Waals surface area contributed by atoms with Gasteiger partial charge in [-0.25, -0.2) is 4.98 Å². The van der Waals surface area contributed by atoms with E-state index in [2.05, 4.69) is 5.16 Å². The molecule has 0 unspecified atom stereocenters. The van der Waals surface area contributed by atoms with Gasteiger partial charge in [0.2, 0.25) is 0 Å². The van der Waals surface area contributed by atoms with Crippen LogP contribution in [-0.2, 0) is 5.75 Å². The van der Waals surface area contributed by atoms with Gasteiger partial charge in [0.05, 0.1) is 35.1 Å². The van der Waals surface area contributed by atoms with E-state index < -0.39 is 0 Å². The molecule has 148 valence electrons. The van der Waals surface area contributed by atoms with Gasteiger partial charge in [-0.1, -0.05) is 40.7 Å². The number of ether oxygens (including phenoxy) is 1. The summed E-state index contributed by atoms with van der Waals surface area (Å²) in [6.45, 7) is 3.75. The zero-order valence-corrected chi connectivity index (χ0v) is 17.7. The largest absolute Gasteiger partial charge is 0.495 e. The van der Waals surface area contributed by atoms with E-state index in [0.717, 1.165) is 11.3 Å². The molecule has 0 N–H and O–H groups in total. The molecule has 0 amide bonds. The molecule has 4 rings (SSSR count). The topological polar surface area (TPSA) is 70.2 Å². The van der Waals surface area contributed by atoms with Gasteiger partial charge in [-0.2, -0.15) is 0 Å². The van der Waals surface area contributed by atoms with Gasteiger partial charge in [0, 0.05) is 17.2 Å². The van der Waals surface area contributed by atoms with Crippen molar-refractivity contribution in [2.45, 2.75) is 24.8 Å². The lowest BCUT2D eigenvalue weighted by atomic mass is 10.2. The van der Waals surface area contributed by atoms with Crippen LogP contribution in [0.25, 0.3) is 16.6 Å². The summed E-state index contributed by atoms with van der Waals surface area (Å²) < 4.78 is 12.4. The molecule has 0 aliphatic carbocycles. The first kappa shape index (κ1) is 19.5. The average Bonchev–Trinajstić information content (AvgIpc) is 3.13. The monoisotopic (exact) mass is 427 g/mol. The third-order valence-electron chi connectivity index (χ3n) is 4.47. The fraction of sp³-hybridized carbons (Fsp3) is 0.190. The quantitative estimate of drug-likeness (QED) is 0.331. The van der Waals surface area contributed by atoms with E-state index in [9.17, 15) is 4.79 Å². The maximum Gasteiger partial charge on any atom is 0.266 e. The highest BCUT2D eigenvalue weighted by Crippen LogP contribution is 2.32. The smallest absolute Gasteiger partial charge is 0.266 e. The second-order valence-corrected chi connectivity index (χ2v) is 7.90. The Morgan fingerprint density at radius 3 is 2.72 bits per heavy atom. The number of para-hydroxylation sites is 1. The van der Waals surface area contributed by atoms with Crippen molar-refractivity contribution in [3.63, 3.8) is 0 Å². The van der Waals surface area contributed by atoms with E-state index >= 15 is 0 Å². The third kappa shape index (κ3) is 3.75. The van der Waals surface area contributed by atoms with Gasteiger partial charge >= 0.3 is 0 Å². The van der Waals surface area contributed by atoms with Crippen LogP contribution in [0.3, 0.4) is 0 Å². The molecular formula is C21H18ClN3O3S. The number of thioether (sulfide) groups is 1. The van der Waals surface area contributed by atoms with Crippen LogP contribution in [0, 0.1) is 13.8 Å². The molecule has 0 fully saturated rings. The van der Waals surface area contributed by atoms with Crippen LogP contribution in [0.1, 0.15) is 17.0 Å². The van der Waals surface area contributed by atoms with Gasteiger partial charge in [-0.05, 0) is 37.6 Å². The molecule has 2 aromatic heterocycles. The number of halogens is 1. The molecule has 29 heavy (non-hydrogen) atoms. The normalized spacial score (nSPS) is 11.2. The number of benzene rings is 2. The Bertz CT molecular complexity index is 1270. The van der Waals surface area contributed by atoms with Gasteiger partial charge in [0.1, 0.15) is 11.5 Å². The van der Waals surface area contributed by atoms with Gasteiger partial charge < -0.3 is 9.26 Å². The number of nitrogens with zero attached hydrogens (tertiary/aromatic N) is 3. The summed E-state index contributed by atoms with van der Waals surface area (Å²) in [6, 6.07) is 12.7. The van der Waals surface area contributed by atoms with Gasteiger partial charge in [-0.15, -0.1) is 0 Å². The first-order valence-corrected chi connectivity index (χ1v) is 10.3. The Morgan fingerprint density at radius 2 is 2.00 bits per heavy atom. The van der Waals surface area contributed by atoms with Crippen LogP contribution < -0.4 is 10.3 Å². The van der Waals surface area contributed by atoms with E-state index in [-0.39, 0.29) is 5.56 Å². The lowest BCUT2D eigenvalue weighted by Crippen LogP contribution is -2.22. The SMILES string of the molecule is COc1cc(Cl)c(C)cc1-n1c(SCc2cc(C)no2)nc2ccccc2c1=O. The van der Waals surface area contributed by atoms with Crippen LogP contribution in [0.2, 0.25) is 5.02 Å². The molecule has 0 aliphatic rings. The molecule has 0 saturated carbocycles. The van der Waals surface area contributed by atoms with Crippen molar-refractivity contribution in [2.24, 2.45) is 0 Å². The Balaban J connectivity index is 1.92. The van der Waals surface area contributed by atoms with E-state index in [1.165, 1.54) is 11.8 Å². The van der Waals surface area contributed by atoms with E-state index in [1.54, 1.807) is 23.8 Å². The van der Waals surface area contributed by atoms with Crippen molar-refractivity contribution in [3.05, 3.63) is 74.9 Å². The highest BCUT2D eigenvalue weighted by atomic mass is 35.5. The molecule has 2 aromatic carbocycles. The summed E-state index contributed by atoms with van der Waals surface area (Å²) in [5.74, 6) is 1.69. The number of hydrogen-bond acceptors (Lipinski definition) is 6. The van der Waals surface area contributed by atoms with Crippen molar-refractivity contribution in [2.75, 3.05) is 7.11 Å². The Labute approximate surface area is 176 Å². The van der Waals surface area contributed by atoms with E-state index in [1.807, 2.05) is 44.2 Å². The van der Waals surface area contributed by atoms with Crippen LogP contribution in [0.15, 0.2) is 56.9 Å². The molecule has 0 saturated heterocycles. The summed E-state index contributed by atoms with van der Waals surface area (Å²) in [6.07, 6.45) is 0. The van der Waals surface area contributed by atoms with Crippen molar-refractivity contribution in [1.82, 2.24) is 14.7 Å². The van der Waals surface area contributed by atoms with Gasteiger partial charge in [-0.3, -0.25) is 9.36 Å². The molecule has 4 aromatic rings. The maximum atomic E-state index is 13.4. The highest BCUT2D eigenvalue weighted by molar-refractivity contribution is 7.98. The average molecular weight is 428 g/mol. The van der Waals surface area contributed by atoms with Crippen molar-refractivity contribution in [1.29, 1.82) is 0 Å². The Morgan fingerprint density at radius 1 is 1.21 bits per heavy atom. The summed E-state index contributed by atoms with van der Waals surface area (Å²) in [5.41, 5.74) is 2.69. The summed E-state index contributed by atoms with van der Waals surface area (Å²) in [5, 5.41) is 5.54. The second-order valence-electron chi connectivity index (χ2n) is 6.55. The van der Waals surface area contributed by atoms with E-state index in [4.69, 9.17) is 25.8 Å². The third-order valence-corrected chi connectivity index (χ3v) is 5.83. The zero-order valence-electron chi connectivity index (χ0n) is 16.1. The molecule has 0 aliphatic heterocycles. The standard InChI is InChI=1S/C21H18ClN3O3S/c1-12-8-18(19(27-3)10-16(12)22)25-20(26)15-6-4-5-7-17(15)23-21(25)29-11-14-9-13(2)24-28-14/h4-10H,11H2,1-3H3. The molecule has 8 heteroatoms. The zero-order chi connectivity index (χ0) is 20.5. The molecule has 6 nitrogen and oxygen atoms in total. The fourth-order valence-electron chi connectivity index (χ4n) is 3.03. The summed E-state index contributed by atoms with van der Waals surface area (Å²) in [7, 11) is 1.55. The summed E-state index contributed by atoms with van der Waals surface area (Å²) in [4.78, 5) is 18.2. The molecule has 0 radical (unpaired) electrons. The predicted molar refractivity (Wildman–Crippen MR) is 114 cm³/mol. The predicted octanol–water partition coefficient (Wildman–Crippen LogP) is 4.94. The minimum absolute atomic E-state index is 0.174. The number of methoxy groups -OCH3 is 1. The lowest BCUT2D eigenvalue weighted by Gasteiger charge is -2.17. The highest BCUT2D eigenvalue weighted by Gasteiger charge is 2.18. The molecular weight excluding hydrogens is 410 g/mol. The number of fused-ring (bicyclic) bond motifs is 1. The molecule has 0 bridgehead atoms. The number of aryl methyl sites for hydroxylation is 2. The van der Waals surface area contributed by atoms with Gasteiger partial charge in [0.15, 0.2) is 5.16 Å². The first-order valence-electron chi connectivity index (χ1n) is 8.89. The van der Waals surface area contributed by atoms with Crippen molar-refractivity contribution in [3.8, 4) is 11.4 Å². The minimum Gasteiger partial charge on any atom is -0.495 e. The van der Waals surface area contributed by atoms with Crippen LogP contribution >= 0.6 is 23.4 Å². The molecule has 0 atom stereocenters. The number of aromatic nitrogens is 3. The Kier molecular flexibility index (Phi) is 5.34. The van der Waals surface area contributed by atoms with Crippen molar-refractivity contribution < 1.29 is 9.26 Å². The number of hydrogen-bond donors (Lipinski definition) is 0. The second kappa shape index (κ2) is 7.93. The van der Waals surface area contributed by atoms with Crippen molar-refractivity contribution >= 4 is 34.3 Å². The van der Waals surface area contributed by atoms with Gasteiger partial charge in [0.25, 0.3) is 5.56 Å². The lowest BCUT2D eigenvalue weighted by molar-refractivity contribution is 0.391. The van der Waals surface area contributed by atoms with Crippen LogP contribution in [-0.4, -0.2) is 21.8 Å². The van der Waals surface area contributed by atoms with Crippen LogP contribution in [0.5, 0.6) is 5.75 Å². The Hall–Kier alpha value is -2.77. The van der Waals surface area contributed by atoms with Crippen LogP contribution in [0.4, 0.5) is 0 Å².